The lowest BCUT2D eigenvalue weighted by Gasteiger charge is -2.26. The van der Waals surface area contributed by atoms with Gasteiger partial charge in [0.15, 0.2) is 0 Å². The molecular formula is C14H22BrNO2S. The van der Waals surface area contributed by atoms with Crippen LogP contribution >= 0.6 is 27.3 Å². The molecule has 0 N–H and O–H groups in total. The maximum absolute atomic E-state index is 12.0. The van der Waals surface area contributed by atoms with Crippen LogP contribution in [0.1, 0.15) is 38.1 Å². The van der Waals surface area contributed by atoms with Gasteiger partial charge in [-0.15, -0.1) is 11.3 Å². The molecule has 108 valence electrons. The minimum atomic E-state index is -0.438. The van der Waals surface area contributed by atoms with Crippen molar-refractivity contribution in [2.24, 2.45) is 0 Å². The highest BCUT2D eigenvalue weighted by molar-refractivity contribution is 9.11. The average molecular weight is 348 g/mol. The fourth-order valence-electron chi connectivity index (χ4n) is 1.67. The Labute approximate surface area is 128 Å². The third-order valence-corrected chi connectivity index (χ3v) is 4.43. The molecule has 5 heteroatoms. The summed E-state index contributed by atoms with van der Waals surface area (Å²) < 4.78 is 6.53. The number of thiophene rings is 1. The SMILES string of the molecule is CCN(CCc1sc(Br)cc1C)C(=O)OC(C)(C)C. The van der Waals surface area contributed by atoms with E-state index in [0.717, 1.165) is 10.2 Å². The Kier molecular flexibility index (Phi) is 5.86. The zero-order valence-electron chi connectivity index (χ0n) is 12.2. The van der Waals surface area contributed by atoms with Gasteiger partial charge in [0.25, 0.3) is 0 Å². The smallest absolute Gasteiger partial charge is 0.410 e. The van der Waals surface area contributed by atoms with Crippen molar-refractivity contribution in [3.63, 3.8) is 0 Å². The molecule has 0 bridgehead atoms. The Morgan fingerprint density at radius 1 is 1.47 bits per heavy atom. The number of rotatable bonds is 4. The normalized spacial score (nSPS) is 11.5. The average Bonchev–Trinajstić information content (AvgIpc) is 2.55. The van der Waals surface area contributed by atoms with Crippen LogP contribution in [0.25, 0.3) is 0 Å². The number of amides is 1. The van der Waals surface area contributed by atoms with Crippen molar-refractivity contribution in [2.75, 3.05) is 13.1 Å². The van der Waals surface area contributed by atoms with Crippen molar-refractivity contribution in [1.29, 1.82) is 0 Å². The fourth-order valence-corrected chi connectivity index (χ4v) is 3.48. The van der Waals surface area contributed by atoms with Gasteiger partial charge in [-0.2, -0.15) is 0 Å². The van der Waals surface area contributed by atoms with Crippen molar-refractivity contribution >= 4 is 33.4 Å². The molecule has 0 radical (unpaired) electrons. The van der Waals surface area contributed by atoms with Crippen LogP contribution in [0.5, 0.6) is 0 Å². The summed E-state index contributed by atoms with van der Waals surface area (Å²) in [5.41, 5.74) is 0.837. The lowest BCUT2D eigenvalue weighted by Crippen LogP contribution is -2.37. The second-order valence-electron chi connectivity index (χ2n) is 5.47. The molecule has 1 amide bonds. The molecule has 0 aliphatic rings. The Balaban J connectivity index is 2.58. The second-order valence-corrected chi connectivity index (χ2v) is 7.98. The summed E-state index contributed by atoms with van der Waals surface area (Å²) in [5.74, 6) is 0. The first-order valence-electron chi connectivity index (χ1n) is 6.45. The summed E-state index contributed by atoms with van der Waals surface area (Å²) in [6.07, 6.45) is 0.637. The van der Waals surface area contributed by atoms with Gasteiger partial charge in [-0.25, -0.2) is 4.79 Å². The van der Waals surface area contributed by atoms with Gasteiger partial charge in [0.1, 0.15) is 5.60 Å². The first kappa shape index (κ1) is 16.5. The predicted molar refractivity (Wildman–Crippen MR) is 83.9 cm³/mol. The van der Waals surface area contributed by atoms with Gasteiger partial charge in [-0.3, -0.25) is 0 Å². The zero-order valence-corrected chi connectivity index (χ0v) is 14.7. The van der Waals surface area contributed by atoms with Gasteiger partial charge >= 0.3 is 6.09 Å². The van der Waals surface area contributed by atoms with Crippen molar-refractivity contribution < 1.29 is 9.53 Å². The molecule has 0 saturated carbocycles. The number of carbonyl (C=O) groups is 1. The van der Waals surface area contributed by atoms with Crippen LogP contribution in [0.3, 0.4) is 0 Å². The van der Waals surface area contributed by atoms with Crippen molar-refractivity contribution in [1.82, 2.24) is 4.90 Å². The van der Waals surface area contributed by atoms with E-state index >= 15 is 0 Å². The summed E-state index contributed by atoms with van der Waals surface area (Å²) in [5, 5.41) is 0. The second kappa shape index (κ2) is 6.75. The maximum atomic E-state index is 12.0. The van der Waals surface area contributed by atoms with Crippen molar-refractivity contribution in [2.45, 2.75) is 46.6 Å². The minimum absolute atomic E-state index is 0.233. The van der Waals surface area contributed by atoms with Gasteiger partial charge in [0, 0.05) is 18.0 Å². The van der Waals surface area contributed by atoms with Gasteiger partial charge in [-0.05, 0) is 68.6 Å². The number of hydrogen-bond donors (Lipinski definition) is 0. The molecule has 1 aromatic heterocycles. The highest BCUT2D eigenvalue weighted by Crippen LogP contribution is 2.27. The molecule has 0 aliphatic carbocycles. The van der Waals surface area contributed by atoms with Crippen LogP contribution < -0.4 is 0 Å². The number of likely N-dealkylation sites (N-methyl/N-ethyl adjacent to an activating group) is 1. The highest BCUT2D eigenvalue weighted by Gasteiger charge is 2.21. The van der Waals surface area contributed by atoms with Crippen molar-refractivity contribution in [3.8, 4) is 0 Å². The molecular weight excluding hydrogens is 326 g/mol. The molecule has 0 unspecified atom stereocenters. The zero-order chi connectivity index (χ0) is 14.6. The lowest BCUT2D eigenvalue weighted by molar-refractivity contribution is 0.0262. The first-order valence-corrected chi connectivity index (χ1v) is 8.06. The fraction of sp³-hybridized carbons (Fsp3) is 0.643. The highest BCUT2D eigenvalue weighted by atomic mass is 79.9. The number of aryl methyl sites for hydroxylation is 1. The third kappa shape index (κ3) is 5.53. The van der Waals surface area contributed by atoms with Crippen LogP contribution in [0.15, 0.2) is 9.85 Å². The first-order chi connectivity index (χ1) is 8.73. The number of ether oxygens (including phenoxy) is 1. The van der Waals surface area contributed by atoms with E-state index in [9.17, 15) is 4.79 Å². The molecule has 0 atom stereocenters. The predicted octanol–water partition coefficient (Wildman–Crippen LogP) is 4.62. The Morgan fingerprint density at radius 2 is 2.11 bits per heavy atom. The number of nitrogens with zero attached hydrogens (tertiary/aromatic N) is 1. The Morgan fingerprint density at radius 3 is 2.53 bits per heavy atom. The quantitative estimate of drug-likeness (QED) is 0.795. The van der Waals surface area contributed by atoms with E-state index < -0.39 is 5.60 Å². The summed E-state index contributed by atoms with van der Waals surface area (Å²) in [6.45, 7) is 11.1. The van der Waals surface area contributed by atoms with E-state index in [-0.39, 0.29) is 6.09 Å². The molecule has 0 aromatic carbocycles. The standard InChI is InChI=1S/C14H22BrNO2S/c1-6-16(13(17)18-14(3,4)5)8-7-11-10(2)9-12(15)19-11/h9H,6-8H2,1-5H3. The van der Waals surface area contributed by atoms with Crippen LogP contribution in [-0.2, 0) is 11.2 Å². The molecule has 19 heavy (non-hydrogen) atoms. The van der Waals surface area contributed by atoms with E-state index in [2.05, 4.69) is 28.9 Å². The summed E-state index contributed by atoms with van der Waals surface area (Å²) in [7, 11) is 0. The van der Waals surface area contributed by atoms with Gasteiger partial charge in [-0.1, -0.05) is 0 Å². The molecule has 0 spiro atoms. The van der Waals surface area contributed by atoms with E-state index in [1.165, 1.54) is 10.4 Å². The molecule has 0 aliphatic heterocycles. The molecule has 1 heterocycles. The van der Waals surface area contributed by atoms with Gasteiger partial charge < -0.3 is 9.64 Å². The third-order valence-electron chi connectivity index (χ3n) is 2.63. The van der Waals surface area contributed by atoms with Crippen LogP contribution in [-0.4, -0.2) is 29.7 Å². The Bertz CT molecular complexity index is 437. The van der Waals surface area contributed by atoms with E-state index in [1.807, 2.05) is 27.7 Å². The molecule has 1 aromatic rings. The van der Waals surface area contributed by atoms with E-state index in [4.69, 9.17) is 4.74 Å². The Hall–Kier alpha value is -0.550. The molecule has 1 rings (SSSR count). The topological polar surface area (TPSA) is 29.5 Å². The summed E-state index contributed by atoms with van der Waals surface area (Å²) in [6, 6.07) is 2.11. The number of carbonyl (C=O) groups excluding carboxylic acids is 1. The van der Waals surface area contributed by atoms with E-state index in [0.29, 0.717) is 13.1 Å². The lowest BCUT2D eigenvalue weighted by atomic mass is 10.2. The van der Waals surface area contributed by atoms with Crippen LogP contribution in [0, 0.1) is 6.92 Å². The monoisotopic (exact) mass is 347 g/mol. The van der Waals surface area contributed by atoms with E-state index in [1.54, 1.807) is 16.2 Å². The maximum Gasteiger partial charge on any atom is 0.410 e. The number of halogens is 1. The number of hydrogen-bond acceptors (Lipinski definition) is 3. The summed E-state index contributed by atoms with van der Waals surface area (Å²) in [4.78, 5) is 15.1. The summed E-state index contributed by atoms with van der Waals surface area (Å²) >= 11 is 5.22. The minimum Gasteiger partial charge on any atom is -0.444 e. The van der Waals surface area contributed by atoms with Crippen LogP contribution in [0.4, 0.5) is 4.79 Å². The van der Waals surface area contributed by atoms with Crippen molar-refractivity contribution in [3.05, 3.63) is 20.3 Å². The largest absolute Gasteiger partial charge is 0.444 e. The van der Waals surface area contributed by atoms with Crippen LogP contribution in [0.2, 0.25) is 0 Å². The molecule has 0 saturated heterocycles. The van der Waals surface area contributed by atoms with Gasteiger partial charge in [0.05, 0.1) is 3.79 Å². The molecule has 0 fully saturated rings. The molecule has 3 nitrogen and oxygen atoms in total. The van der Waals surface area contributed by atoms with Gasteiger partial charge in [0.2, 0.25) is 0 Å².